The molecule has 1 N–H and O–H groups in total. The Hall–Kier alpha value is -3.96. The topological polar surface area (TPSA) is 99.3 Å². The summed E-state index contributed by atoms with van der Waals surface area (Å²) in [5.74, 6) is -1.28. The second-order valence-corrected chi connectivity index (χ2v) is 11.7. The van der Waals surface area contributed by atoms with Crippen molar-refractivity contribution in [3.63, 3.8) is 0 Å². The largest absolute Gasteiger partial charge is 0.497 e. The van der Waals surface area contributed by atoms with Crippen molar-refractivity contribution in [2.45, 2.75) is 32.4 Å². The number of rotatable bonds is 14. The molecule has 3 rings (SSSR count). The van der Waals surface area contributed by atoms with Gasteiger partial charge in [0.25, 0.3) is 0 Å². The summed E-state index contributed by atoms with van der Waals surface area (Å²) < 4.78 is 48.6. The van der Waals surface area contributed by atoms with Crippen LogP contribution in [-0.4, -0.2) is 69.8 Å². The number of anilines is 1. The van der Waals surface area contributed by atoms with Crippen LogP contribution in [0.15, 0.2) is 78.9 Å². The fourth-order valence-corrected chi connectivity index (χ4v) is 5.31. The van der Waals surface area contributed by atoms with Gasteiger partial charge in [-0.25, -0.2) is 8.70 Å². The van der Waals surface area contributed by atoms with Crippen LogP contribution in [0.1, 0.15) is 24.5 Å². The summed E-state index contributed by atoms with van der Waals surface area (Å²) in [5, 5.41) is 2.88. The molecule has 0 saturated heterocycles. The highest BCUT2D eigenvalue weighted by atomic mass is 32.2. The number of halogens is 1. The smallest absolute Gasteiger partial charge is 0.304 e. The number of hydrogen-bond donors (Lipinski definition) is 1. The SMILES string of the molecule is CCCNC(=O)[C@@H](Cc1ccccc1)N(Cc1cccc(OC)c1)C(=O)CN(c1ccccc1F)S(=O)(=O)N(C)C. The van der Waals surface area contributed by atoms with Crippen molar-refractivity contribution in [1.82, 2.24) is 14.5 Å². The Balaban J connectivity index is 2.10. The molecule has 0 bridgehead atoms. The average Bonchev–Trinajstić information content (AvgIpc) is 2.97. The van der Waals surface area contributed by atoms with Crippen LogP contribution in [0, 0.1) is 5.82 Å². The van der Waals surface area contributed by atoms with Crippen LogP contribution in [0.25, 0.3) is 0 Å². The van der Waals surface area contributed by atoms with Gasteiger partial charge in [0.2, 0.25) is 11.8 Å². The van der Waals surface area contributed by atoms with Gasteiger partial charge in [0.05, 0.1) is 12.8 Å². The van der Waals surface area contributed by atoms with E-state index in [-0.39, 0.29) is 24.6 Å². The first-order chi connectivity index (χ1) is 19.6. The predicted octanol–water partition coefficient (Wildman–Crippen LogP) is 3.61. The molecule has 0 aliphatic carbocycles. The molecule has 0 aliphatic rings. The molecule has 0 spiro atoms. The first kappa shape index (κ1) is 31.6. The Morgan fingerprint density at radius 2 is 1.61 bits per heavy atom. The Morgan fingerprint density at radius 3 is 2.24 bits per heavy atom. The van der Waals surface area contributed by atoms with E-state index in [0.717, 1.165) is 20.2 Å². The number of ether oxygens (including phenoxy) is 1. The zero-order chi connectivity index (χ0) is 30.0. The van der Waals surface area contributed by atoms with E-state index in [9.17, 15) is 22.4 Å². The summed E-state index contributed by atoms with van der Waals surface area (Å²) in [6, 6.07) is 20.7. The van der Waals surface area contributed by atoms with E-state index >= 15 is 0 Å². The van der Waals surface area contributed by atoms with Crippen molar-refractivity contribution in [3.8, 4) is 5.75 Å². The summed E-state index contributed by atoms with van der Waals surface area (Å²) in [5.41, 5.74) is 1.22. The third-order valence-electron chi connectivity index (χ3n) is 6.45. The van der Waals surface area contributed by atoms with E-state index in [2.05, 4.69) is 5.32 Å². The van der Waals surface area contributed by atoms with Crippen molar-refractivity contribution >= 4 is 27.7 Å². The van der Waals surface area contributed by atoms with Crippen molar-refractivity contribution in [2.75, 3.05) is 38.6 Å². The third kappa shape index (κ3) is 8.27. The van der Waals surface area contributed by atoms with Gasteiger partial charge in [-0.1, -0.05) is 61.5 Å². The molecule has 1 atom stereocenters. The summed E-state index contributed by atoms with van der Waals surface area (Å²) >= 11 is 0. The van der Waals surface area contributed by atoms with E-state index in [1.807, 2.05) is 37.3 Å². The van der Waals surface area contributed by atoms with Gasteiger partial charge in [-0.2, -0.15) is 12.7 Å². The minimum absolute atomic E-state index is 0.0137. The highest BCUT2D eigenvalue weighted by Gasteiger charge is 2.35. The third-order valence-corrected chi connectivity index (χ3v) is 8.25. The van der Waals surface area contributed by atoms with E-state index in [1.54, 1.807) is 24.3 Å². The molecule has 41 heavy (non-hydrogen) atoms. The van der Waals surface area contributed by atoms with Gasteiger partial charge in [0.1, 0.15) is 24.2 Å². The number of carbonyl (C=O) groups is 2. The molecule has 0 fully saturated rings. The minimum atomic E-state index is -4.29. The molecule has 220 valence electrons. The number of benzene rings is 3. The van der Waals surface area contributed by atoms with E-state index in [0.29, 0.717) is 24.3 Å². The van der Waals surface area contributed by atoms with Crippen LogP contribution < -0.4 is 14.4 Å². The van der Waals surface area contributed by atoms with Crippen molar-refractivity contribution in [3.05, 3.63) is 95.8 Å². The molecular weight excluding hydrogens is 547 g/mol. The quantitative estimate of drug-likeness (QED) is 0.312. The molecule has 11 heteroatoms. The molecular formula is C30H37FN4O5S. The average molecular weight is 585 g/mol. The highest BCUT2D eigenvalue weighted by molar-refractivity contribution is 7.90. The maximum atomic E-state index is 14.9. The number of nitrogens with one attached hydrogen (secondary N) is 1. The number of nitrogens with zero attached hydrogens (tertiary/aromatic N) is 3. The van der Waals surface area contributed by atoms with Crippen molar-refractivity contribution in [1.29, 1.82) is 0 Å². The molecule has 0 saturated carbocycles. The molecule has 0 heterocycles. The molecule has 0 radical (unpaired) electrons. The van der Waals surface area contributed by atoms with Gasteiger partial charge in [0.15, 0.2) is 0 Å². The summed E-state index contributed by atoms with van der Waals surface area (Å²) in [7, 11) is -0.155. The number of hydrogen-bond acceptors (Lipinski definition) is 5. The maximum Gasteiger partial charge on any atom is 0.304 e. The Kier molecular flexibility index (Phi) is 11.2. The van der Waals surface area contributed by atoms with Gasteiger partial charge in [-0.05, 0) is 41.8 Å². The molecule has 3 aromatic carbocycles. The Morgan fingerprint density at radius 1 is 0.951 bits per heavy atom. The summed E-state index contributed by atoms with van der Waals surface area (Å²) in [4.78, 5) is 29.0. The van der Waals surface area contributed by atoms with Crippen LogP contribution in [-0.2, 0) is 32.8 Å². The Labute approximate surface area is 241 Å². The minimum Gasteiger partial charge on any atom is -0.497 e. The number of carbonyl (C=O) groups excluding carboxylic acids is 2. The normalized spacial score (nSPS) is 12.0. The van der Waals surface area contributed by atoms with Crippen molar-refractivity contribution < 1.29 is 27.1 Å². The molecule has 0 unspecified atom stereocenters. The van der Waals surface area contributed by atoms with Gasteiger partial charge < -0.3 is 15.0 Å². The molecule has 9 nitrogen and oxygen atoms in total. The van der Waals surface area contributed by atoms with Gasteiger partial charge >= 0.3 is 10.2 Å². The lowest BCUT2D eigenvalue weighted by atomic mass is 10.0. The van der Waals surface area contributed by atoms with Crippen LogP contribution in [0.3, 0.4) is 0 Å². The second-order valence-electron chi connectivity index (χ2n) is 9.62. The fourth-order valence-electron chi connectivity index (χ4n) is 4.24. The molecule has 0 aromatic heterocycles. The van der Waals surface area contributed by atoms with E-state index in [1.165, 1.54) is 44.3 Å². The highest BCUT2D eigenvalue weighted by Crippen LogP contribution is 2.25. The maximum absolute atomic E-state index is 14.9. The zero-order valence-corrected chi connectivity index (χ0v) is 24.6. The van der Waals surface area contributed by atoms with Gasteiger partial charge in [-0.3, -0.25) is 9.59 Å². The first-order valence-electron chi connectivity index (χ1n) is 13.3. The second kappa shape index (κ2) is 14.6. The number of methoxy groups -OCH3 is 1. The summed E-state index contributed by atoms with van der Waals surface area (Å²) in [6.45, 7) is 1.59. The van der Waals surface area contributed by atoms with Gasteiger partial charge in [0, 0.05) is 33.6 Å². The van der Waals surface area contributed by atoms with Crippen LogP contribution in [0.2, 0.25) is 0 Å². The predicted molar refractivity (Wildman–Crippen MR) is 157 cm³/mol. The van der Waals surface area contributed by atoms with E-state index < -0.39 is 34.5 Å². The van der Waals surface area contributed by atoms with Crippen LogP contribution in [0.4, 0.5) is 10.1 Å². The lowest BCUT2D eigenvalue weighted by molar-refractivity contribution is -0.140. The standard InChI is InChI=1S/C30H37FN4O5S/c1-5-18-32-30(37)28(20-23-12-7-6-8-13-23)34(21-24-14-11-15-25(19-24)40-4)29(36)22-35(41(38,39)33(2)3)27-17-10-9-16-26(27)31/h6-17,19,28H,5,18,20-22H2,1-4H3,(H,32,37)/t28-/m1/s1. The fraction of sp³-hybridized carbons (Fsp3) is 0.333. The number of para-hydroxylation sites is 1. The van der Waals surface area contributed by atoms with Gasteiger partial charge in [-0.15, -0.1) is 0 Å². The molecule has 3 aromatic rings. The molecule has 0 aliphatic heterocycles. The Bertz CT molecular complexity index is 1420. The van der Waals surface area contributed by atoms with Crippen LogP contribution in [0.5, 0.6) is 5.75 Å². The number of amides is 2. The van der Waals surface area contributed by atoms with Crippen LogP contribution >= 0.6 is 0 Å². The zero-order valence-electron chi connectivity index (χ0n) is 23.8. The van der Waals surface area contributed by atoms with Crippen molar-refractivity contribution in [2.24, 2.45) is 0 Å². The monoisotopic (exact) mass is 584 g/mol. The lowest BCUT2D eigenvalue weighted by Gasteiger charge is -2.34. The lowest BCUT2D eigenvalue weighted by Crippen LogP contribution is -2.54. The van der Waals surface area contributed by atoms with E-state index in [4.69, 9.17) is 4.74 Å². The molecule has 2 amide bonds. The summed E-state index contributed by atoms with van der Waals surface area (Å²) in [6.07, 6.45) is 0.877. The first-order valence-corrected chi connectivity index (χ1v) is 14.7.